The van der Waals surface area contributed by atoms with Gasteiger partial charge in [-0.25, -0.2) is 15.2 Å². The molecule has 0 heterocycles. The van der Waals surface area contributed by atoms with Crippen molar-refractivity contribution in [2.45, 2.75) is 58.8 Å². The van der Waals surface area contributed by atoms with E-state index in [2.05, 4.69) is 38.9 Å². The van der Waals surface area contributed by atoms with E-state index in [0.29, 0.717) is 12.5 Å². The van der Waals surface area contributed by atoms with E-state index in [0.717, 1.165) is 25.4 Å². The lowest BCUT2D eigenvalue weighted by molar-refractivity contribution is 0.120. The van der Waals surface area contributed by atoms with Crippen molar-refractivity contribution in [1.82, 2.24) is 10.4 Å². The predicted molar refractivity (Wildman–Crippen MR) is 79.6 cm³/mol. The van der Waals surface area contributed by atoms with Crippen molar-refractivity contribution >= 4 is 14.2 Å². The molecule has 0 atom stereocenters. The molecule has 18 heavy (non-hydrogen) atoms. The molecule has 0 fully saturated rings. The standard InChI is InChI=1S/C13H30N2O2Si/c1-12(2)8-6-7-10-15(13(16)17)14-9-11-18(3,4)5/h12,14H,6-11H2,1-5H3,(H,16,17). The topological polar surface area (TPSA) is 52.6 Å². The summed E-state index contributed by atoms with van der Waals surface area (Å²) in [6.07, 6.45) is 2.33. The number of nitrogens with zero attached hydrogens (tertiary/aromatic N) is 1. The molecule has 0 aromatic heterocycles. The molecule has 108 valence electrons. The van der Waals surface area contributed by atoms with E-state index in [1.807, 2.05) is 0 Å². The van der Waals surface area contributed by atoms with Crippen molar-refractivity contribution in [3.05, 3.63) is 0 Å². The maximum atomic E-state index is 11.1. The Morgan fingerprint density at radius 1 is 1.28 bits per heavy atom. The minimum absolute atomic E-state index is 0.591. The minimum Gasteiger partial charge on any atom is -0.464 e. The molecule has 0 radical (unpaired) electrons. The van der Waals surface area contributed by atoms with Gasteiger partial charge in [0.1, 0.15) is 0 Å². The monoisotopic (exact) mass is 274 g/mol. The normalized spacial score (nSPS) is 11.9. The molecule has 0 rings (SSSR count). The van der Waals surface area contributed by atoms with Crippen LogP contribution in [-0.4, -0.2) is 37.4 Å². The van der Waals surface area contributed by atoms with Gasteiger partial charge in [-0.1, -0.05) is 46.3 Å². The third kappa shape index (κ3) is 10.6. The molecule has 0 bridgehead atoms. The van der Waals surface area contributed by atoms with Gasteiger partial charge in [0.25, 0.3) is 0 Å². The highest BCUT2D eigenvalue weighted by atomic mass is 28.3. The van der Waals surface area contributed by atoms with Crippen LogP contribution in [0.15, 0.2) is 0 Å². The summed E-state index contributed by atoms with van der Waals surface area (Å²) in [4.78, 5) is 11.1. The smallest absolute Gasteiger partial charge is 0.421 e. The van der Waals surface area contributed by atoms with E-state index in [1.165, 1.54) is 11.4 Å². The van der Waals surface area contributed by atoms with E-state index in [-0.39, 0.29) is 0 Å². The summed E-state index contributed by atoms with van der Waals surface area (Å²) >= 11 is 0. The molecular weight excluding hydrogens is 244 g/mol. The van der Waals surface area contributed by atoms with Gasteiger partial charge >= 0.3 is 6.09 Å². The fourth-order valence-corrected chi connectivity index (χ4v) is 2.49. The lowest BCUT2D eigenvalue weighted by atomic mass is 10.1. The van der Waals surface area contributed by atoms with Crippen LogP contribution in [0.4, 0.5) is 4.79 Å². The average molecular weight is 274 g/mol. The highest BCUT2D eigenvalue weighted by Gasteiger charge is 2.15. The van der Waals surface area contributed by atoms with Crippen molar-refractivity contribution in [3.63, 3.8) is 0 Å². The second-order valence-electron chi connectivity index (χ2n) is 6.54. The molecule has 0 saturated carbocycles. The number of carbonyl (C=O) groups is 1. The summed E-state index contributed by atoms with van der Waals surface area (Å²) in [5.74, 6) is 0.697. The van der Waals surface area contributed by atoms with Gasteiger partial charge in [-0.2, -0.15) is 0 Å². The Labute approximate surface area is 113 Å². The summed E-state index contributed by atoms with van der Waals surface area (Å²) in [6, 6.07) is 1.10. The van der Waals surface area contributed by atoms with Gasteiger partial charge in [-0.15, -0.1) is 0 Å². The number of rotatable bonds is 9. The zero-order valence-corrected chi connectivity index (χ0v) is 13.6. The average Bonchev–Trinajstić information content (AvgIpc) is 2.19. The molecule has 0 aliphatic heterocycles. The molecule has 2 N–H and O–H groups in total. The number of hydrazine groups is 1. The summed E-state index contributed by atoms with van der Waals surface area (Å²) in [6.45, 7) is 12.6. The Hall–Kier alpha value is -0.553. The van der Waals surface area contributed by atoms with E-state index in [1.54, 1.807) is 0 Å². The first-order valence-electron chi connectivity index (χ1n) is 6.96. The van der Waals surface area contributed by atoms with E-state index >= 15 is 0 Å². The van der Waals surface area contributed by atoms with Crippen molar-refractivity contribution in [2.24, 2.45) is 5.92 Å². The van der Waals surface area contributed by atoms with Gasteiger partial charge in [0, 0.05) is 21.2 Å². The molecule has 5 heteroatoms. The Bertz CT molecular complexity index is 240. The molecular formula is C13H30N2O2Si. The highest BCUT2D eigenvalue weighted by Crippen LogP contribution is 2.08. The fourth-order valence-electron chi connectivity index (χ4n) is 1.63. The van der Waals surface area contributed by atoms with Crippen LogP contribution in [0.5, 0.6) is 0 Å². The maximum Gasteiger partial charge on any atom is 0.421 e. The lowest BCUT2D eigenvalue weighted by Gasteiger charge is -2.23. The third-order valence-corrected chi connectivity index (χ3v) is 4.57. The minimum atomic E-state index is -1.09. The van der Waals surface area contributed by atoms with Crippen molar-refractivity contribution < 1.29 is 9.90 Å². The third-order valence-electron chi connectivity index (χ3n) is 2.82. The highest BCUT2D eigenvalue weighted by molar-refractivity contribution is 6.76. The Morgan fingerprint density at radius 2 is 1.89 bits per heavy atom. The molecule has 0 aromatic carbocycles. The van der Waals surface area contributed by atoms with Crippen molar-refractivity contribution in [1.29, 1.82) is 0 Å². The van der Waals surface area contributed by atoms with Gasteiger partial charge in [-0.3, -0.25) is 0 Å². The second kappa shape index (κ2) is 8.53. The van der Waals surface area contributed by atoms with E-state index in [4.69, 9.17) is 5.11 Å². The van der Waals surface area contributed by atoms with E-state index < -0.39 is 14.2 Å². The SMILES string of the molecule is CC(C)CCCCN(NCC[Si](C)(C)C)C(=O)O. The first kappa shape index (κ1) is 17.4. The molecule has 0 saturated heterocycles. The summed E-state index contributed by atoms with van der Waals surface area (Å²) in [5.41, 5.74) is 3.03. The van der Waals surface area contributed by atoms with Crippen LogP contribution in [0, 0.1) is 5.92 Å². The van der Waals surface area contributed by atoms with Crippen LogP contribution in [0.1, 0.15) is 33.1 Å². The zero-order chi connectivity index (χ0) is 14.2. The fraction of sp³-hybridized carbons (Fsp3) is 0.923. The molecule has 0 aliphatic rings. The largest absolute Gasteiger partial charge is 0.464 e. The molecule has 0 unspecified atom stereocenters. The number of hydrogen-bond acceptors (Lipinski definition) is 2. The van der Waals surface area contributed by atoms with Crippen LogP contribution in [0.25, 0.3) is 0 Å². The lowest BCUT2D eigenvalue weighted by Crippen LogP contribution is -2.44. The zero-order valence-electron chi connectivity index (χ0n) is 12.6. The maximum absolute atomic E-state index is 11.1. The summed E-state index contributed by atoms with van der Waals surface area (Å²) in [7, 11) is -1.09. The molecule has 1 amide bonds. The Balaban J connectivity index is 3.83. The molecule has 0 aliphatic carbocycles. The van der Waals surface area contributed by atoms with Gasteiger partial charge in [0.2, 0.25) is 0 Å². The number of nitrogens with one attached hydrogen (secondary N) is 1. The van der Waals surface area contributed by atoms with Crippen LogP contribution >= 0.6 is 0 Å². The molecule has 4 nitrogen and oxygen atoms in total. The first-order chi connectivity index (χ1) is 8.22. The van der Waals surface area contributed by atoms with Gasteiger partial charge in [-0.05, 0) is 18.4 Å². The number of amides is 1. The predicted octanol–water partition coefficient (Wildman–Crippen LogP) is 3.64. The second-order valence-corrected chi connectivity index (χ2v) is 12.2. The Kier molecular flexibility index (Phi) is 8.27. The quantitative estimate of drug-likeness (QED) is 0.383. The number of unbranched alkanes of at least 4 members (excludes halogenated alkanes) is 1. The van der Waals surface area contributed by atoms with Crippen LogP contribution in [0.2, 0.25) is 25.7 Å². The number of carboxylic acid groups (broad SMARTS) is 1. The summed E-state index contributed by atoms with van der Waals surface area (Å²) in [5, 5.41) is 10.4. The van der Waals surface area contributed by atoms with Crippen LogP contribution in [-0.2, 0) is 0 Å². The van der Waals surface area contributed by atoms with Gasteiger partial charge in [0.15, 0.2) is 0 Å². The van der Waals surface area contributed by atoms with Crippen LogP contribution < -0.4 is 5.43 Å². The first-order valence-corrected chi connectivity index (χ1v) is 10.7. The molecule has 0 aromatic rings. The van der Waals surface area contributed by atoms with Crippen LogP contribution in [0.3, 0.4) is 0 Å². The van der Waals surface area contributed by atoms with Crippen molar-refractivity contribution in [3.8, 4) is 0 Å². The summed E-state index contributed by atoms with van der Waals surface area (Å²) < 4.78 is 0. The van der Waals surface area contributed by atoms with Crippen molar-refractivity contribution in [2.75, 3.05) is 13.1 Å². The van der Waals surface area contributed by atoms with Gasteiger partial charge in [0.05, 0.1) is 0 Å². The van der Waals surface area contributed by atoms with E-state index in [9.17, 15) is 4.79 Å². The Morgan fingerprint density at radius 3 is 2.33 bits per heavy atom. The number of hydrogen-bond donors (Lipinski definition) is 2. The molecule has 0 spiro atoms. The van der Waals surface area contributed by atoms with Gasteiger partial charge < -0.3 is 5.11 Å².